The highest BCUT2D eigenvalue weighted by atomic mass is 16.2. The number of likely N-dealkylation sites (tertiary alicyclic amines) is 1. The van der Waals surface area contributed by atoms with Crippen molar-refractivity contribution in [2.45, 2.75) is 32.9 Å². The van der Waals surface area contributed by atoms with Gasteiger partial charge in [-0.1, -0.05) is 42.0 Å². The lowest BCUT2D eigenvalue weighted by molar-refractivity contribution is 0.0218. The summed E-state index contributed by atoms with van der Waals surface area (Å²) in [5.74, 6) is 0.182. The Kier molecular flexibility index (Phi) is 3.89. The summed E-state index contributed by atoms with van der Waals surface area (Å²) in [4.78, 5) is 17.2. The van der Waals surface area contributed by atoms with Crippen LogP contribution >= 0.6 is 0 Å². The Bertz CT molecular complexity index is 777. The predicted molar refractivity (Wildman–Crippen MR) is 96.2 cm³/mol. The molecular formula is C21H24N2O. The molecule has 1 amide bonds. The summed E-state index contributed by atoms with van der Waals surface area (Å²) in [5, 5.41) is 0. The van der Waals surface area contributed by atoms with Crippen molar-refractivity contribution in [2.24, 2.45) is 0 Å². The number of carbonyl (C=O) groups is 1. The van der Waals surface area contributed by atoms with E-state index in [0.29, 0.717) is 6.04 Å². The largest absolute Gasteiger partial charge is 0.335 e. The van der Waals surface area contributed by atoms with Crippen molar-refractivity contribution < 1.29 is 4.79 Å². The lowest BCUT2D eigenvalue weighted by Crippen LogP contribution is -2.61. The summed E-state index contributed by atoms with van der Waals surface area (Å²) < 4.78 is 0. The lowest BCUT2D eigenvalue weighted by Gasteiger charge is -2.47. The topological polar surface area (TPSA) is 23.6 Å². The smallest absolute Gasteiger partial charge is 0.254 e. The van der Waals surface area contributed by atoms with E-state index in [1.165, 1.54) is 16.7 Å². The van der Waals surface area contributed by atoms with E-state index < -0.39 is 0 Å². The summed E-state index contributed by atoms with van der Waals surface area (Å²) in [6.07, 6.45) is 1.12. The minimum Gasteiger partial charge on any atom is -0.335 e. The summed E-state index contributed by atoms with van der Waals surface area (Å²) in [6, 6.07) is 15.3. The fraction of sp³-hybridized carbons (Fsp3) is 0.381. The number of carbonyl (C=O) groups excluding carboxylic acids is 1. The first-order valence-corrected chi connectivity index (χ1v) is 8.79. The maximum Gasteiger partial charge on any atom is 0.254 e. The molecule has 0 unspecified atom stereocenters. The Labute approximate surface area is 143 Å². The molecule has 24 heavy (non-hydrogen) atoms. The molecule has 0 N–H and O–H groups in total. The first-order chi connectivity index (χ1) is 11.6. The standard InChI is InChI=1S/C21H24N2O/c1-15-7-8-20(16(2)11-15)21(24)23-13-19(14-23)22-10-9-17-5-3-4-6-18(17)12-22/h3-8,11,19H,9-10,12-14H2,1-2H3. The van der Waals surface area contributed by atoms with E-state index in [1.807, 2.05) is 24.0 Å². The van der Waals surface area contributed by atoms with Gasteiger partial charge in [-0.2, -0.15) is 0 Å². The number of amides is 1. The van der Waals surface area contributed by atoms with Crippen LogP contribution in [0.15, 0.2) is 42.5 Å². The van der Waals surface area contributed by atoms with Gasteiger partial charge in [0.15, 0.2) is 0 Å². The Hall–Kier alpha value is -2.13. The quantitative estimate of drug-likeness (QED) is 0.848. The van der Waals surface area contributed by atoms with Gasteiger partial charge < -0.3 is 4.90 Å². The second-order valence-corrected chi connectivity index (χ2v) is 7.17. The second kappa shape index (κ2) is 6.06. The zero-order chi connectivity index (χ0) is 16.7. The van der Waals surface area contributed by atoms with Crippen LogP contribution in [0.1, 0.15) is 32.6 Å². The maximum atomic E-state index is 12.7. The number of hydrogen-bond acceptors (Lipinski definition) is 2. The molecule has 2 aromatic rings. The van der Waals surface area contributed by atoms with E-state index in [2.05, 4.69) is 42.2 Å². The van der Waals surface area contributed by atoms with Crippen LogP contribution in [-0.2, 0) is 13.0 Å². The van der Waals surface area contributed by atoms with E-state index in [1.54, 1.807) is 0 Å². The third kappa shape index (κ3) is 2.73. The molecule has 2 aliphatic rings. The lowest BCUT2D eigenvalue weighted by atomic mass is 9.95. The van der Waals surface area contributed by atoms with Crippen molar-refractivity contribution in [1.82, 2.24) is 9.80 Å². The van der Waals surface area contributed by atoms with Gasteiger partial charge in [0.1, 0.15) is 0 Å². The molecule has 2 aromatic carbocycles. The molecule has 4 rings (SSSR count). The number of aryl methyl sites for hydroxylation is 2. The molecule has 0 bridgehead atoms. The van der Waals surface area contributed by atoms with Crippen LogP contribution in [0.5, 0.6) is 0 Å². The summed E-state index contributed by atoms with van der Waals surface area (Å²) >= 11 is 0. The molecule has 0 spiro atoms. The molecular weight excluding hydrogens is 296 g/mol. The van der Waals surface area contributed by atoms with Crippen molar-refractivity contribution in [3.05, 3.63) is 70.3 Å². The number of hydrogen-bond donors (Lipinski definition) is 0. The molecule has 1 saturated heterocycles. The van der Waals surface area contributed by atoms with Gasteiger partial charge in [-0.05, 0) is 43.0 Å². The number of nitrogens with zero attached hydrogens (tertiary/aromatic N) is 2. The van der Waals surface area contributed by atoms with Gasteiger partial charge in [-0.15, -0.1) is 0 Å². The van der Waals surface area contributed by atoms with E-state index in [9.17, 15) is 4.79 Å². The number of fused-ring (bicyclic) bond motifs is 1. The Morgan fingerprint density at radius 2 is 1.79 bits per heavy atom. The van der Waals surface area contributed by atoms with Crippen LogP contribution in [0, 0.1) is 13.8 Å². The summed E-state index contributed by atoms with van der Waals surface area (Å²) in [5.41, 5.74) is 6.06. The van der Waals surface area contributed by atoms with E-state index in [-0.39, 0.29) is 5.91 Å². The molecule has 3 nitrogen and oxygen atoms in total. The molecule has 0 saturated carbocycles. The first-order valence-electron chi connectivity index (χ1n) is 8.79. The highest BCUT2D eigenvalue weighted by Crippen LogP contribution is 2.25. The minimum absolute atomic E-state index is 0.182. The average molecular weight is 320 g/mol. The molecule has 0 atom stereocenters. The van der Waals surface area contributed by atoms with Crippen LogP contribution in [0.25, 0.3) is 0 Å². The highest BCUT2D eigenvalue weighted by Gasteiger charge is 2.36. The predicted octanol–water partition coefficient (Wildman–Crippen LogP) is 3.19. The van der Waals surface area contributed by atoms with Gasteiger partial charge in [-0.3, -0.25) is 9.69 Å². The average Bonchev–Trinajstić information content (AvgIpc) is 2.53. The van der Waals surface area contributed by atoms with Crippen LogP contribution < -0.4 is 0 Å². The van der Waals surface area contributed by atoms with Gasteiger partial charge in [0.25, 0.3) is 5.91 Å². The van der Waals surface area contributed by atoms with Crippen molar-refractivity contribution in [3.8, 4) is 0 Å². The second-order valence-electron chi connectivity index (χ2n) is 7.17. The zero-order valence-corrected chi connectivity index (χ0v) is 14.5. The molecule has 0 aliphatic carbocycles. The van der Waals surface area contributed by atoms with Crippen LogP contribution in [0.3, 0.4) is 0 Å². The van der Waals surface area contributed by atoms with E-state index >= 15 is 0 Å². The van der Waals surface area contributed by atoms with Crippen LogP contribution in [0.2, 0.25) is 0 Å². The SMILES string of the molecule is Cc1ccc(C(=O)N2CC(N3CCc4ccccc4C3)C2)c(C)c1. The first kappa shape index (κ1) is 15.4. The Balaban J connectivity index is 1.39. The van der Waals surface area contributed by atoms with Crippen molar-refractivity contribution in [3.63, 3.8) is 0 Å². The summed E-state index contributed by atoms with van der Waals surface area (Å²) in [6.45, 7) is 7.93. The molecule has 3 heteroatoms. The van der Waals surface area contributed by atoms with E-state index in [4.69, 9.17) is 0 Å². The molecule has 2 aliphatic heterocycles. The van der Waals surface area contributed by atoms with E-state index in [0.717, 1.165) is 43.7 Å². The van der Waals surface area contributed by atoms with Crippen molar-refractivity contribution in [2.75, 3.05) is 19.6 Å². The fourth-order valence-corrected chi connectivity index (χ4v) is 3.91. The normalized spacial score (nSPS) is 18.2. The van der Waals surface area contributed by atoms with Crippen LogP contribution in [-0.4, -0.2) is 41.4 Å². The third-order valence-electron chi connectivity index (χ3n) is 5.44. The number of benzene rings is 2. The molecule has 124 valence electrons. The molecule has 1 fully saturated rings. The van der Waals surface area contributed by atoms with Gasteiger partial charge in [-0.25, -0.2) is 0 Å². The molecule has 0 aromatic heterocycles. The fourth-order valence-electron chi connectivity index (χ4n) is 3.91. The monoisotopic (exact) mass is 320 g/mol. The van der Waals surface area contributed by atoms with Gasteiger partial charge in [0, 0.05) is 37.8 Å². The Morgan fingerprint density at radius 1 is 1.04 bits per heavy atom. The van der Waals surface area contributed by atoms with Gasteiger partial charge in [0.05, 0.1) is 0 Å². The maximum absolute atomic E-state index is 12.7. The van der Waals surface area contributed by atoms with Crippen molar-refractivity contribution >= 4 is 5.91 Å². The zero-order valence-electron chi connectivity index (χ0n) is 14.5. The third-order valence-corrected chi connectivity index (χ3v) is 5.44. The van der Waals surface area contributed by atoms with Gasteiger partial charge >= 0.3 is 0 Å². The molecule has 2 heterocycles. The van der Waals surface area contributed by atoms with Crippen LogP contribution in [0.4, 0.5) is 0 Å². The van der Waals surface area contributed by atoms with Crippen molar-refractivity contribution in [1.29, 1.82) is 0 Å². The highest BCUT2D eigenvalue weighted by molar-refractivity contribution is 5.96. The Morgan fingerprint density at radius 3 is 2.54 bits per heavy atom. The molecule has 0 radical (unpaired) electrons. The number of rotatable bonds is 2. The summed E-state index contributed by atoms with van der Waals surface area (Å²) in [7, 11) is 0. The minimum atomic E-state index is 0.182. The van der Waals surface area contributed by atoms with Gasteiger partial charge in [0.2, 0.25) is 0 Å².